The Morgan fingerprint density at radius 2 is 2.15 bits per heavy atom. The van der Waals surface area contributed by atoms with Gasteiger partial charge in [0.1, 0.15) is 0 Å². The van der Waals surface area contributed by atoms with Gasteiger partial charge in [-0.2, -0.15) is 0 Å². The average molecular weight is 358 g/mol. The van der Waals surface area contributed by atoms with Crippen molar-refractivity contribution in [3.05, 3.63) is 28.7 Å². The Hall–Kier alpha value is -1.54. The van der Waals surface area contributed by atoms with Crippen LogP contribution in [-0.4, -0.2) is 16.4 Å². The Bertz CT molecular complexity index is 595. The molecule has 106 valence electrons. The highest BCUT2D eigenvalue weighted by molar-refractivity contribution is 9.10. The first-order valence-electron chi connectivity index (χ1n) is 5.73. The van der Waals surface area contributed by atoms with Gasteiger partial charge in [0.15, 0.2) is 13.0 Å². The summed E-state index contributed by atoms with van der Waals surface area (Å²) in [5.74, 6) is -0.737. The van der Waals surface area contributed by atoms with Crippen molar-refractivity contribution in [3.8, 4) is 5.95 Å². The number of amides is 1. The standard InChI is InChI=1S/C12H12BrN3O3S/c1-7(20-11-12(18)19-15-16(11)2)10(17)14-9-5-3-8(13)4-6-9/h3-7H,1-2H3,(H-,14,15,17,18). The number of carbonyl (C=O) groups excluding carboxylic acids is 1. The van der Waals surface area contributed by atoms with Crippen molar-refractivity contribution in [2.45, 2.75) is 17.2 Å². The van der Waals surface area contributed by atoms with Crippen molar-refractivity contribution in [3.63, 3.8) is 0 Å². The molecule has 1 aromatic carbocycles. The molecule has 1 atom stereocenters. The number of hydrogen-bond acceptors (Lipinski definition) is 5. The Balaban J connectivity index is 2.00. The zero-order valence-corrected chi connectivity index (χ0v) is 13.2. The van der Waals surface area contributed by atoms with Gasteiger partial charge in [0.2, 0.25) is 5.91 Å². The van der Waals surface area contributed by atoms with Gasteiger partial charge in [0, 0.05) is 10.2 Å². The first-order valence-corrected chi connectivity index (χ1v) is 7.40. The molecule has 6 nitrogen and oxygen atoms in total. The van der Waals surface area contributed by atoms with Crippen molar-refractivity contribution in [2.75, 3.05) is 5.32 Å². The molecule has 0 aliphatic carbocycles. The zero-order valence-electron chi connectivity index (χ0n) is 10.8. The first kappa shape index (κ1) is 14.9. The van der Waals surface area contributed by atoms with Crippen molar-refractivity contribution in [1.29, 1.82) is 0 Å². The summed E-state index contributed by atoms with van der Waals surface area (Å²) in [7, 11) is 1.59. The largest absolute Gasteiger partial charge is 0.538 e. The second-order valence-electron chi connectivity index (χ2n) is 4.05. The smallest absolute Gasteiger partial charge is 0.291 e. The lowest BCUT2D eigenvalue weighted by Crippen LogP contribution is -2.33. The predicted octanol–water partition coefficient (Wildman–Crippen LogP) is 1.45. The molecule has 1 amide bonds. The van der Waals surface area contributed by atoms with Crippen LogP contribution in [0.15, 0.2) is 38.3 Å². The van der Waals surface area contributed by atoms with Gasteiger partial charge in [0.25, 0.3) is 5.03 Å². The van der Waals surface area contributed by atoms with Gasteiger partial charge in [-0.15, -0.1) is 0 Å². The number of halogens is 1. The third kappa shape index (κ3) is 3.51. The second kappa shape index (κ2) is 6.27. The summed E-state index contributed by atoms with van der Waals surface area (Å²) in [5.41, 5.74) is 0.697. The quantitative estimate of drug-likeness (QED) is 0.661. The van der Waals surface area contributed by atoms with Crippen LogP contribution in [0.3, 0.4) is 0 Å². The van der Waals surface area contributed by atoms with E-state index in [-0.39, 0.29) is 5.91 Å². The van der Waals surface area contributed by atoms with Gasteiger partial charge in [-0.05, 0) is 43.0 Å². The number of hydrogen-bond donors (Lipinski definition) is 1. The van der Waals surface area contributed by atoms with Crippen molar-refractivity contribution in [2.24, 2.45) is 7.05 Å². The number of anilines is 1. The molecule has 20 heavy (non-hydrogen) atoms. The van der Waals surface area contributed by atoms with Crippen LogP contribution in [0.5, 0.6) is 5.95 Å². The first-order chi connectivity index (χ1) is 9.47. The number of aryl methyl sites for hydroxylation is 1. The number of carbonyl (C=O) groups is 1. The van der Waals surface area contributed by atoms with E-state index in [0.717, 1.165) is 16.2 Å². The molecular weight excluding hydrogens is 346 g/mol. The van der Waals surface area contributed by atoms with Crippen LogP contribution in [0.4, 0.5) is 5.69 Å². The third-order valence-electron chi connectivity index (χ3n) is 2.48. The highest BCUT2D eigenvalue weighted by atomic mass is 79.9. The summed E-state index contributed by atoms with van der Waals surface area (Å²) >= 11 is 4.43. The van der Waals surface area contributed by atoms with Crippen LogP contribution >= 0.6 is 27.7 Å². The molecule has 2 rings (SSSR count). The summed E-state index contributed by atoms with van der Waals surface area (Å²) in [4.78, 5) is 12.0. The minimum absolute atomic E-state index is 0.196. The number of nitrogens with zero attached hydrogens (tertiary/aromatic N) is 2. The monoisotopic (exact) mass is 357 g/mol. The van der Waals surface area contributed by atoms with Crippen LogP contribution in [0.1, 0.15) is 6.92 Å². The van der Waals surface area contributed by atoms with E-state index in [1.54, 1.807) is 26.1 Å². The molecule has 0 aliphatic heterocycles. The fourth-order valence-corrected chi connectivity index (χ4v) is 2.51. The minimum Gasteiger partial charge on any atom is -0.538 e. The van der Waals surface area contributed by atoms with E-state index in [4.69, 9.17) is 0 Å². The van der Waals surface area contributed by atoms with Gasteiger partial charge >= 0.3 is 0 Å². The second-order valence-corrected chi connectivity index (χ2v) is 6.29. The van der Waals surface area contributed by atoms with Crippen LogP contribution < -0.4 is 15.1 Å². The maximum absolute atomic E-state index is 12.0. The van der Waals surface area contributed by atoms with Crippen molar-refractivity contribution >= 4 is 39.3 Å². The van der Waals surface area contributed by atoms with Crippen LogP contribution in [0.25, 0.3) is 0 Å². The molecular formula is C12H12BrN3O3S. The lowest BCUT2D eigenvalue weighted by Gasteiger charge is -2.10. The number of benzene rings is 1. The van der Waals surface area contributed by atoms with E-state index in [1.165, 1.54) is 4.68 Å². The highest BCUT2D eigenvalue weighted by Crippen LogP contribution is 2.26. The molecule has 8 heteroatoms. The Kier molecular flexibility index (Phi) is 4.66. The van der Waals surface area contributed by atoms with Crippen LogP contribution in [0.2, 0.25) is 0 Å². The van der Waals surface area contributed by atoms with Crippen LogP contribution in [0, 0.1) is 0 Å². The Morgan fingerprint density at radius 1 is 1.50 bits per heavy atom. The van der Waals surface area contributed by atoms with E-state index in [2.05, 4.69) is 31.0 Å². The lowest BCUT2D eigenvalue weighted by molar-refractivity contribution is -0.772. The van der Waals surface area contributed by atoms with Gasteiger partial charge < -0.3 is 14.9 Å². The number of aromatic nitrogens is 2. The maximum Gasteiger partial charge on any atom is 0.291 e. The van der Waals surface area contributed by atoms with E-state index < -0.39 is 11.2 Å². The molecule has 1 heterocycles. The van der Waals surface area contributed by atoms with E-state index in [1.807, 2.05) is 12.1 Å². The van der Waals surface area contributed by atoms with Gasteiger partial charge in [-0.25, -0.2) is 0 Å². The maximum atomic E-state index is 12.0. The number of thioether (sulfide) groups is 1. The fourth-order valence-electron chi connectivity index (χ4n) is 1.43. The lowest BCUT2D eigenvalue weighted by atomic mass is 10.3. The molecule has 1 N–H and O–H groups in total. The van der Waals surface area contributed by atoms with Crippen molar-refractivity contribution < 1.29 is 19.1 Å². The molecule has 0 fully saturated rings. The summed E-state index contributed by atoms with van der Waals surface area (Å²) in [6.45, 7) is 1.71. The number of nitrogens with one attached hydrogen (secondary N) is 1. The molecule has 0 saturated carbocycles. The molecule has 0 bridgehead atoms. The fraction of sp³-hybridized carbons (Fsp3) is 0.250. The molecule has 1 aromatic heterocycles. The predicted molar refractivity (Wildman–Crippen MR) is 75.2 cm³/mol. The summed E-state index contributed by atoms with van der Waals surface area (Å²) in [5, 5.41) is 17.5. The van der Waals surface area contributed by atoms with Gasteiger partial charge in [-0.1, -0.05) is 20.6 Å². The average Bonchev–Trinajstić information content (AvgIpc) is 2.73. The van der Waals surface area contributed by atoms with Crippen LogP contribution in [-0.2, 0) is 11.8 Å². The summed E-state index contributed by atoms with van der Waals surface area (Å²) in [6.07, 6.45) is 0. The number of rotatable bonds is 4. The molecule has 2 aromatic rings. The van der Waals surface area contributed by atoms with E-state index in [0.29, 0.717) is 10.7 Å². The van der Waals surface area contributed by atoms with Gasteiger partial charge in [0.05, 0.1) is 10.5 Å². The van der Waals surface area contributed by atoms with Gasteiger partial charge in [-0.3, -0.25) is 4.79 Å². The molecule has 0 saturated heterocycles. The summed E-state index contributed by atoms with van der Waals surface area (Å²) in [6, 6.07) is 7.25. The van der Waals surface area contributed by atoms with E-state index in [9.17, 15) is 9.90 Å². The van der Waals surface area contributed by atoms with Crippen molar-refractivity contribution in [1.82, 2.24) is 5.27 Å². The molecule has 0 radical (unpaired) electrons. The normalized spacial score (nSPS) is 12.2. The van der Waals surface area contributed by atoms with E-state index >= 15 is 0 Å². The zero-order chi connectivity index (χ0) is 14.7. The molecule has 0 spiro atoms. The summed E-state index contributed by atoms with van der Waals surface area (Å²) < 4.78 is 6.76. The SMILES string of the molecule is CC(Sc1c([O-])on[n+]1C)C(=O)Nc1ccc(Br)cc1. The Morgan fingerprint density at radius 3 is 2.70 bits per heavy atom. The molecule has 1 unspecified atom stereocenters. The molecule has 0 aliphatic rings. The Labute approximate surface area is 128 Å². The minimum atomic E-state index is -0.541. The topological polar surface area (TPSA) is 82.1 Å². The third-order valence-corrected chi connectivity index (χ3v) is 4.23. The highest BCUT2D eigenvalue weighted by Gasteiger charge is 2.22.